The Balaban J connectivity index is 1.13. The minimum absolute atomic E-state index is 0.0810. The monoisotopic (exact) mass is 430 g/mol. The van der Waals surface area contributed by atoms with E-state index in [4.69, 9.17) is 12.3 Å². The summed E-state index contributed by atoms with van der Waals surface area (Å²) in [7, 11) is 0. The van der Waals surface area contributed by atoms with E-state index >= 15 is 0 Å². The van der Waals surface area contributed by atoms with Gasteiger partial charge in [-0.3, -0.25) is 14.5 Å². The van der Waals surface area contributed by atoms with Crippen LogP contribution in [0.4, 0.5) is 5.69 Å². The third kappa shape index (κ3) is 2.80. The van der Waals surface area contributed by atoms with Crippen LogP contribution in [0.3, 0.4) is 0 Å². The number of carbonyl (C=O) groups is 2. The Labute approximate surface area is 187 Å². The number of nitrogens with zero attached hydrogens (tertiary/aromatic N) is 5. The number of nitrogens with two attached hydrogens (primary N) is 1. The highest BCUT2D eigenvalue weighted by Gasteiger charge is 2.56. The van der Waals surface area contributed by atoms with Gasteiger partial charge < -0.3 is 15.5 Å². The molecule has 7 atom stereocenters. The van der Waals surface area contributed by atoms with Crippen LogP contribution >= 0.6 is 0 Å². The molecule has 6 rings (SSSR count). The fourth-order valence-corrected chi connectivity index (χ4v) is 6.65. The van der Waals surface area contributed by atoms with Crippen molar-refractivity contribution >= 4 is 17.5 Å². The summed E-state index contributed by atoms with van der Waals surface area (Å²) < 4.78 is 0. The van der Waals surface area contributed by atoms with Gasteiger partial charge in [0.2, 0.25) is 11.8 Å². The predicted octanol–water partition coefficient (Wildman–Crippen LogP) is 1.35. The molecule has 0 spiro atoms. The second kappa shape index (κ2) is 7.03. The molecule has 2 aliphatic carbocycles. The summed E-state index contributed by atoms with van der Waals surface area (Å²) in [4.78, 5) is 35.7. The van der Waals surface area contributed by atoms with E-state index in [1.165, 1.54) is 11.1 Å². The van der Waals surface area contributed by atoms with E-state index in [1.807, 2.05) is 18.2 Å². The Kier molecular flexibility index (Phi) is 4.33. The van der Waals surface area contributed by atoms with Crippen molar-refractivity contribution in [3.63, 3.8) is 0 Å². The van der Waals surface area contributed by atoms with Crippen molar-refractivity contribution in [2.24, 2.45) is 11.7 Å². The van der Waals surface area contributed by atoms with Gasteiger partial charge in [-0.25, -0.2) is 4.85 Å². The number of hydrogen-bond donors (Lipinski definition) is 1. The fourth-order valence-electron chi connectivity index (χ4n) is 6.65. The van der Waals surface area contributed by atoms with Crippen LogP contribution in [-0.4, -0.2) is 69.8 Å². The maximum atomic E-state index is 13.3. The number of benzene rings is 1. The molecule has 4 fully saturated rings. The Bertz CT molecular complexity index is 1090. The molecule has 5 aliphatic rings. The summed E-state index contributed by atoms with van der Waals surface area (Å²) >= 11 is 0. The number of amides is 2. The molecular weight excluding hydrogens is 404 g/mol. The van der Waals surface area contributed by atoms with Gasteiger partial charge in [0, 0.05) is 25.2 Å². The van der Waals surface area contributed by atoms with E-state index in [9.17, 15) is 14.9 Å². The van der Waals surface area contributed by atoms with Crippen molar-refractivity contribution in [3.8, 4) is 6.07 Å². The van der Waals surface area contributed by atoms with Crippen LogP contribution < -0.4 is 5.73 Å². The summed E-state index contributed by atoms with van der Waals surface area (Å²) in [5.41, 5.74) is 9.31. The molecule has 2 amide bonds. The maximum Gasteiger partial charge on any atom is 0.242 e. The van der Waals surface area contributed by atoms with Crippen molar-refractivity contribution in [2.45, 2.75) is 68.4 Å². The lowest BCUT2D eigenvalue weighted by atomic mass is 10.0. The van der Waals surface area contributed by atoms with Gasteiger partial charge in [0.25, 0.3) is 0 Å². The molecule has 32 heavy (non-hydrogen) atoms. The Morgan fingerprint density at radius 1 is 1.31 bits per heavy atom. The van der Waals surface area contributed by atoms with Crippen LogP contribution in [0.25, 0.3) is 4.85 Å². The quantitative estimate of drug-likeness (QED) is 0.727. The van der Waals surface area contributed by atoms with Gasteiger partial charge in [0.15, 0.2) is 5.69 Å². The lowest BCUT2D eigenvalue weighted by molar-refractivity contribution is -0.141. The first-order valence-electron chi connectivity index (χ1n) is 11.5. The zero-order chi connectivity index (χ0) is 22.1. The van der Waals surface area contributed by atoms with E-state index < -0.39 is 6.04 Å². The molecule has 8 heteroatoms. The lowest BCUT2D eigenvalue weighted by Gasteiger charge is -2.38. The molecule has 8 nitrogen and oxygen atoms in total. The van der Waals surface area contributed by atoms with E-state index in [2.05, 4.69) is 20.7 Å². The predicted molar refractivity (Wildman–Crippen MR) is 115 cm³/mol. The number of likely N-dealkylation sites (tertiary alicyclic amines) is 3. The Morgan fingerprint density at radius 2 is 2.16 bits per heavy atom. The number of piperazine rings is 1. The molecular formula is C24H26N6O2. The summed E-state index contributed by atoms with van der Waals surface area (Å²) in [5, 5.41) is 9.38. The average molecular weight is 431 g/mol. The van der Waals surface area contributed by atoms with E-state index in [0.29, 0.717) is 18.2 Å². The molecule has 164 valence electrons. The molecule has 3 aliphatic heterocycles. The van der Waals surface area contributed by atoms with E-state index in [0.717, 1.165) is 38.6 Å². The topological polar surface area (TPSA) is 98.0 Å². The Hall–Kier alpha value is -2.94. The van der Waals surface area contributed by atoms with Crippen molar-refractivity contribution in [1.82, 2.24) is 14.7 Å². The molecule has 1 aromatic carbocycles. The normalized spacial score (nSPS) is 35.4. The van der Waals surface area contributed by atoms with Crippen LogP contribution in [0, 0.1) is 23.8 Å². The molecule has 2 bridgehead atoms. The number of aryl methyl sites for hydroxylation is 1. The molecule has 3 heterocycles. The highest BCUT2D eigenvalue weighted by atomic mass is 16.2. The summed E-state index contributed by atoms with van der Waals surface area (Å²) in [6.45, 7) is 8.32. The first kappa shape index (κ1) is 19.7. The zero-order valence-corrected chi connectivity index (χ0v) is 17.9. The number of carbonyl (C=O) groups excluding carboxylic acids is 2. The SMILES string of the molecule is [C-]#[N+]c1ccc2c(c1)CC[C@@H]2N1C(=O)[C@H]2CC1CN2C[C@H](N)C(=O)N1[C@H](C#N)C[C@@H]2C[C@@H]21. The smallest absolute Gasteiger partial charge is 0.242 e. The average Bonchev–Trinajstić information content (AvgIpc) is 3.14. The van der Waals surface area contributed by atoms with Crippen molar-refractivity contribution in [1.29, 1.82) is 5.26 Å². The summed E-state index contributed by atoms with van der Waals surface area (Å²) in [6, 6.07) is 7.20. The standard InChI is InChI=1S/C24H26N6O2/c1-27-15-3-4-18-13(6-15)2-5-20(18)30-17-9-22(24(30)32)28(11-17)12-19(26)23(31)29-16(10-25)7-14-8-21(14)29/h3-4,6,14,16-17,19-22H,2,5,7-9,11-12,26H2/t14-,16+,17?,19+,20+,21+,22-/m1/s1. The van der Waals surface area contributed by atoms with Gasteiger partial charge >= 0.3 is 0 Å². The van der Waals surface area contributed by atoms with Crippen molar-refractivity contribution < 1.29 is 9.59 Å². The van der Waals surface area contributed by atoms with Gasteiger partial charge in [0.05, 0.1) is 30.8 Å². The first-order chi connectivity index (χ1) is 15.5. The minimum Gasteiger partial charge on any atom is -0.330 e. The third-order valence-electron chi connectivity index (χ3n) is 8.21. The van der Waals surface area contributed by atoms with Gasteiger partial charge in [-0.1, -0.05) is 23.8 Å². The van der Waals surface area contributed by atoms with Gasteiger partial charge in [-0.15, -0.1) is 0 Å². The van der Waals surface area contributed by atoms with Gasteiger partial charge in [-0.2, -0.15) is 5.26 Å². The molecule has 1 unspecified atom stereocenters. The fraction of sp³-hybridized carbons (Fsp3) is 0.583. The molecule has 0 radical (unpaired) electrons. The number of hydrogen-bond acceptors (Lipinski definition) is 5. The number of fused-ring (bicyclic) bond motifs is 4. The molecule has 2 N–H and O–H groups in total. The highest BCUT2D eigenvalue weighted by Crippen LogP contribution is 2.48. The molecule has 3 saturated heterocycles. The van der Waals surface area contributed by atoms with E-state index in [1.54, 1.807) is 4.90 Å². The molecule has 1 aromatic rings. The van der Waals surface area contributed by atoms with Crippen LogP contribution in [-0.2, 0) is 16.0 Å². The molecule has 0 aromatic heterocycles. The van der Waals surface area contributed by atoms with Gasteiger partial charge in [0.1, 0.15) is 6.04 Å². The first-order valence-corrected chi connectivity index (χ1v) is 11.5. The lowest BCUT2D eigenvalue weighted by Crippen LogP contribution is -2.57. The third-order valence-corrected chi connectivity index (χ3v) is 8.21. The van der Waals surface area contributed by atoms with E-state index in [-0.39, 0.29) is 42.0 Å². The summed E-state index contributed by atoms with van der Waals surface area (Å²) in [6.07, 6.45) is 4.32. The van der Waals surface area contributed by atoms with Crippen molar-refractivity contribution in [3.05, 3.63) is 40.7 Å². The van der Waals surface area contributed by atoms with Crippen LogP contribution in [0.5, 0.6) is 0 Å². The minimum atomic E-state index is -0.704. The Morgan fingerprint density at radius 3 is 2.91 bits per heavy atom. The zero-order valence-electron chi connectivity index (χ0n) is 17.9. The molecule has 1 saturated carbocycles. The number of piperidine rings is 1. The number of nitriles is 1. The largest absolute Gasteiger partial charge is 0.330 e. The second-order valence-electron chi connectivity index (χ2n) is 9.95. The van der Waals surface area contributed by atoms with Crippen LogP contribution in [0.15, 0.2) is 18.2 Å². The van der Waals surface area contributed by atoms with Gasteiger partial charge in [-0.05, 0) is 43.6 Å². The summed E-state index contributed by atoms with van der Waals surface area (Å²) in [5.74, 6) is 0.453. The number of rotatable bonds is 4. The second-order valence-corrected chi connectivity index (χ2v) is 9.95. The van der Waals surface area contributed by atoms with Crippen LogP contribution in [0.2, 0.25) is 0 Å². The van der Waals surface area contributed by atoms with Crippen LogP contribution in [0.1, 0.15) is 42.9 Å². The maximum absolute atomic E-state index is 13.3. The van der Waals surface area contributed by atoms with Crippen molar-refractivity contribution in [2.75, 3.05) is 13.1 Å². The highest BCUT2D eigenvalue weighted by molar-refractivity contribution is 5.87.